The van der Waals surface area contributed by atoms with Crippen molar-refractivity contribution in [1.29, 1.82) is 0 Å². The molecule has 0 saturated carbocycles. The van der Waals surface area contributed by atoms with E-state index in [1.165, 1.54) is 12.0 Å². The number of hydrogen-bond donors (Lipinski definition) is 0. The van der Waals surface area contributed by atoms with Crippen LogP contribution in [0, 0.1) is 12.3 Å². The Morgan fingerprint density at radius 3 is 2.53 bits per heavy atom. The number of nitrogens with zero attached hydrogens (tertiary/aromatic N) is 1. The topological polar surface area (TPSA) is 12.5 Å². The highest BCUT2D eigenvalue weighted by Crippen LogP contribution is 2.41. The van der Waals surface area contributed by atoms with Crippen molar-refractivity contribution in [2.45, 2.75) is 12.6 Å². The molecule has 1 radical (unpaired) electrons. The van der Waals surface area contributed by atoms with Crippen molar-refractivity contribution in [2.75, 3.05) is 26.7 Å². The fraction of sp³-hybridized carbons (Fsp3) is 0.583. The van der Waals surface area contributed by atoms with Gasteiger partial charge >= 0.3 is 6.18 Å². The summed E-state index contributed by atoms with van der Waals surface area (Å²) in [5.74, 6) is 0.557. The highest BCUT2D eigenvalue weighted by Gasteiger charge is 2.40. The first kappa shape index (κ1) is 15.0. The van der Waals surface area contributed by atoms with E-state index >= 15 is 0 Å². The van der Waals surface area contributed by atoms with Gasteiger partial charge in [0.15, 0.2) is 0 Å². The van der Waals surface area contributed by atoms with Crippen LogP contribution in [0.1, 0.15) is 6.42 Å². The molecule has 19 heavy (non-hydrogen) atoms. The fourth-order valence-corrected chi connectivity index (χ4v) is 2.85. The number of hydrogen-bond acceptors (Lipinski definition) is 2. The van der Waals surface area contributed by atoms with Crippen LogP contribution in [0.3, 0.4) is 0 Å². The molecular formula is C12H13Cl2F3NO. The zero-order valence-electron chi connectivity index (χ0n) is 10.2. The number of allylic oxidation sites excluding steroid dienone is 3. The predicted octanol–water partition coefficient (Wildman–Crippen LogP) is 3.68. The quantitative estimate of drug-likeness (QED) is 0.788. The third kappa shape index (κ3) is 3.38. The van der Waals surface area contributed by atoms with E-state index in [9.17, 15) is 13.2 Å². The lowest BCUT2D eigenvalue weighted by molar-refractivity contribution is -0.156. The summed E-state index contributed by atoms with van der Waals surface area (Å²) in [6.07, 6.45) is -1.87. The molecule has 0 unspecified atom stereocenters. The molecule has 0 aromatic heterocycles. The van der Waals surface area contributed by atoms with Gasteiger partial charge in [-0.05, 0) is 6.42 Å². The van der Waals surface area contributed by atoms with Gasteiger partial charge in [0.05, 0.1) is 18.7 Å². The zero-order chi connectivity index (χ0) is 14.2. The van der Waals surface area contributed by atoms with E-state index in [1.807, 2.05) is 0 Å². The van der Waals surface area contributed by atoms with Crippen molar-refractivity contribution in [3.8, 4) is 0 Å². The highest BCUT2D eigenvalue weighted by molar-refractivity contribution is 6.41. The summed E-state index contributed by atoms with van der Waals surface area (Å²) in [7, 11) is 1.52. The molecule has 0 aromatic rings. The molecule has 2 rings (SSSR count). The Morgan fingerprint density at radius 2 is 2.00 bits per heavy atom. The van der Waals surface area contributed by atoms with Crippen LogP contribution in [-0.4, -0.2) is 37.8 Å². The van der Waals surface area contributed by atoms with Crippen LogP contribution in [0.15, 0.2) is 21.4 Å². The molecule has 0 atom stereocenters. The predicted molar refractivity (Wildman–Crippen MR) is 67.7 cm³/mol. The maximum Gasteiger partial charge on any atom is 0.401 e. The van der Waals surface area contributed by atoms with E-state index in [1.54, 1.807) is 6.42 Å². The van der Waals surface area contributed by atoms with Gasteiger partial charge < -0.3 is 4.74 Å². The first-order chi connectivity index (χ1) is 8.81. The molecular weight excluding hydrogens is 302 g/mol. The SMILES string of the molecule is COC1=C(C2CN(CC(F)(F)F)C2)C(Cl)=C(Cl)C[CH]1. The lowest BCUT2D eigenvalue weighted by atomic mass is 9.86. The molecule has 0 spiro atoms. The Balaban J connectivity index is 2.05. The number of halogens is 5. The molecule has 7 heteroatoms. The van der Waals surface area contributed by atoms with Crippen LogP contribution in [-0.2, 0) is 4.74 Å². The van der Waals surface area contributed by atoms with E-state index < -0.39 is 12.7 Å². The molecule has 2 aliphatic rings. The van der Waals surface area contributed by atoms with Gasteiger partial charge in [0, 0.05) is 36.0 Å². The maximum atomic E-state index is 12.2. The van der Waals surface area contributed by atoms with Gasteiger partial charge in [0.1, 0.15) is 5.76 Å². The molecule has 0 bridgehead atoms. The molecule has 0 amide bonds. The summed E-state index contributed by atoms with van der Waals surface area (Å²) in [6, 6.07) is 0. The Hall–Kier alpha value is -0.390. The number of ether oxygens (including phenoxy) is 1. The van der Waals surface area contributed by atoms with E-state index in [0.717, 1.165) is 5.57 Å². The summed E-state index contributed by atoms with van der Waals surface area (Å²) < 4.78 is 41.9. The lowest BCUT2D eigenvalue weighted by Gasteiger charge is -2.42. The van der Waals surface area contributed by atoms with Gasteiger partial charge in [-0.15, -0.1) is 0 Å². The average molecular weight is 315 g/mol. The Bertz CT molecular complexity index is 425. The van der Waals surface area contributed by atoms with Crippen molar-refractivity contribution < 1.29 is 17.9 Å². The van der Waals surface area contributed by atoms with E-state index in [4.69, 9.17) is 27.9 Å². The smallest absolute Gasteiger partial charge is 0.401 e. The van der Waals surface area contributed by atoms with E-state index in [0.29, 0.717) is 35.3 Å². The van der Waals surface area contributed by atoms with E-state index in [2.05, 4.69) is 0 Å². The third-order valence-corrected chi connectivity index (χ3v) is 4.07. The van der Waals surface area contributed by atoms with Crippen LogP contribution in [0.25, 0.3) is 0 Å². The second-order valence-corrected chi connectivity index (χ2v) is 5.45. The third-order valence-electron chi connectivity index (χ3n) is 3.19. The highest BCUT2D eigenvalue weighted by atomic mass is 35.5. The van der Waals surface area contributed by atoms with Crippen molar-refractivity contribution >= 4 is 23.2 Å². The Labute approximate surface area is 119 Å². The molecule has 1 fully saturated rings. The largest absolute Gasteiger partial charge is 0.500 e. The standard InChI is InChI=1S/C12H13Cl2F3NO/c1-19-9-3-2-8(13)11(14)10(9)7-4-18(5-7)6-12(15,16)17/h3,7H,2,4-6H2,1H3. The molecule has 1 saturated heterocycles. The summed E-state index contributed by atoms with van der Waals surface area (Å²) in [5.41, 5.74) is 0.721. The van der Waals surface area contributed by atoms with Gasteiger partial charge in [0.25, 0.3) is 0 Å². The number of likely N-dealkylation sites (tertiary alicyclic amines) is 1. The molecule has 0 N–H and O–H groups in total. The van der Waals surface area contributed by atoms with Crippen LogP contribution in [0.2, 0.25) is 0 Å². The van der Waals surface area contributed by atoms with Crippen molar-refractivity contribution in [3.05, 3.63) is 27.8 Å². The second kappa shape index (κ2) is 5.54. The monoisotopic (exact) mass is 314 g/mol. The molecule has 1 aliphatic heterocycles. The maximum absolute atomic E-state index is 12.2. The van der Waals surface area contributed by atoms with Crippen LogP contribution in [0.5, 0.6) is 0 Å². The minimum absolute atomic E-state index is 0.0601. The second-order valence-electron chi connectivity index (χ2n) is 4.62. The molecule has 107 valence electrons. The molecule has 0 aromatic carbocycles. The van der Waals surface area contributed by atoms with Gasteiger partial charge in [-0.2, -0.15) is 13.2 Å². The Morgan fingerprint density at radius 1 is 1.37 bits per heavy atom. The van der Waals surface area contributed by atoms with Crippen LogP contribution >= 0.6 is 23.2 Å². The minimum atomic E-state index is -4.17. The zero-order valence-corrected chi connectivity index (χ0v) is 11.7. The normalized spacial score (nSPS) is 22.8. The average Bonchev–Trinajstić information content (AvgIpc) is 2.26. The summed E-state index contributed by atoms with van der Waals surface area (Å²) in [5, 5.41) is 0.921. The summed E-state index contributed by atoms with van der Waals surface area (Å²) >= 11 is 12.1. The lowest BCUT2D eigenvalue weighted by Crippen LogP contribution is -2.51. The molecule has 2 nitrogen and oxygen atoms in total. The van der Waals surface area contributed by atoms with Gasteiger partial charge in [-0.1, -0.05) is 23.2 Å². The number of alkyl halides is 3. The van der Waals surface area contributed by atoms with Crippen LogP contribution < -0.4 is 0 Å². The first-order valence-corrected chi connectivity index (χ1v) is 6.52. The van der Waals surface area contributed by atoms with Crippen molar-refractivity contribution in [2.24, 2.45) is 5.92 Å². The summed E-state index contributed by atoms with van der Waals surface area (Å²) in [4.78, 5) is 1.33. The van der Waals surface area contributed by atoms with Crippen molar-refractivity contribution in [1.82, 2.24) is 4.90 Å². The van der Waals surface area contributed by atoms with E-state index in [-0.39, 0.29) is 5.92 Å². The van der Waals surface area contributed by atoms with Gasteiger partial charge in [-0.3, -0.25) is 4.90 Å². The summed E-state index contributed by atoms with van der Waals surface area (Å²) in [6.45, 7) is -0.260. The Kier molecular flexibility index (Phi) is 4.38. The molecule has 1 aliphatic carbocycles. The van der Waals surface area contributed by atoms with Gasteiger partial charge in [0.2, 0.25) is 0 Å². The van der Waals surface area contributed by atoms with Crippen molar-refractivity contribution in [3.63, 3.8) is 0 Å². The first-order valence-electron chi connectivity index (χ1n) is 5.77. The van der Waals surface area contributed by atoms with Gasteiger partial charge in [-0.25, -0.2) is 0 Å². The minimum Gasteiger partial charge on any atom is -0.500 e. The fourth-order valence-electron chi connectivity index (χ4n) is 2.34. The number of rotatable bonds is 3. The molecule has 1 heterocycles. The number of methoxy groups -OCH3 is 1. The van der Waals surface area contributed by atoms with Crippen LogP contribution in [0.4, 0.5) is 13.2 Å².